The first-order chi connectivity index (χ1) is 7.61. The minimum atomic E-state index is 1.12. The molecule has 0 spiro atoms. The monoisotopic (exact) mass is 214 g/mol. The summed E-state index contributed by atoms with van der Waals surface area (Å²) in [4.78, 5) is 0. The fourth-order valence-corrected chi connectivity index (χ4v) is 2.33. The van der Waals surface area contributed by atoms with E-state index in [4.69, 9.17) is 0 Å². The van der Waals surface area contributed by atoms with Crippen LogP contribution >= 0.6 is 0 Å². The predicted molar refractivity (Wildman–Crippen MR) is 69.6 cm³/mol. The summed E-state index contributed by atoms with van der Waals surface area (Å²) in [7, 11) is 2.18. The van der Waals surface area contributed by atoms with Crippen LogP contribution in [0.25, 0.3) is 0 Å². The van der Waals surface area contributed by atoms with Crippen LogP contribution in [-0.4, -0.2) is 23.9 Å². The Labute approximate surface area is 98.1 Å². The highest BCUT2D eigenvalue weighted by atomic mass is 15.0. The van der Waals surface area contributed by atoms with Crippen molar-refractivity contribution in [1.29, 1.82) is 0 Å². The Balaban J connectivity index is 2.64. The third-order valence-electron chi connectivity index (χ3n) is 3.52. The molecule has 1 heteroatoms. The topological polar surface area (TPSA) is 3.01 Å². The average molecular weight is 214 g/mol. The summed E-state index contributed by atoms with van der Waals surface area (Å²) in [6, 6.07) is 4.43. The molecule has 1 aliphatic heterocycles. The number of benzene rings is 1. The Morgan fingerprint density at radius 1 is 1.06 bits per heavy atom. The van der Waals surface area contributed by atoms with Crippen molar-refractivity contribution in [3.63, 3.8) is 0 Å². The molecule has 0 aliphatic carbocycles. The van der Waals surface area contributed by atoms with Crippen molar-refractivity contribution in [3.8, 4) is 0 Å². The van der Waals surface area contributed by atoms with Crippen LogP contribution in [0.3, 0.4) is 0 Å². The Morgan fingerprint density at radius 3 is 2.44 bits per heavy atom. The summed E-state index contributed by atoms with van der Waals surface area (Å²) in [5.74, 6) is 0. The second kappa shape index (κ2) is 4.25. The van der Waals surface area contributed by atoms with Crippen molar-refractivity contribution in [1.82, 2.24) is 0 Å². The fourth-order valence-electron chi connectivity index (χ4n) is 2.33. The van der Waals surface area contributed by atoms with Crippen molar-refractivity contribution in [2.24, 2.45) is 0 Å². The second-order valence-electron chi connectivity index (χ2n) is 4.70. The van der Waals surface area contributed by atoms with Gasteiger partial charge in [0.1, 0.15) is 13.6 Å². The lowest BCUT2D eigenvalue weighted by atomic mass is 9.93. The van der Waals surface area contributed by atoms with Crippen molar-refractivity contribution in [3.05, 3.63) is 46.5 Å². The largest absolute Gasteiger partial charge is 0.232 e. The van der Waals surface area contributed by atoms with Gasteiger partial charge in [0.2, 0.25) is 5.71 Å². The van der Waals surface area contributed by atoms with E-state index in [9.17, 15) is 0 Å². The SMILES string of the molecule is Cc1ccc(C)c(C2=[N+](C)CCC=C2)c1C. The van der Waals surface area contributed by atoms with E-state index in [2.05, 4.69) is 56.7 Å². The molecule has 0 atom stereocenters. The van der Waals surface area contributed by atoms with E-state index in [1.54, 1.807) is 0 Å². The third kappa shape index (κ3) is 1.82. The Hall–Kier alpha value is -1.37. The summed E-state index contributed by atoms with van der Waals surface area (Å²) in [5, 5.41) is 0. The molecule has 1 aromatic carbocycles. The van der Waals surface area contributed by atoms with Gasteiger partial charge >= 0.3 is 0 Å². The Morgan fingerprint density at radius 2 is 1.75 bits per heavy atom. The molecule has 0 bridgehead atoms. The van der Waals surface area contributed by atoms with Gasteiger partial charge in [-0.1, -0.05) is 18.2 Å². The molecule has 16 heavy (non-hydrogen) atoms. The van der Waals surface area contributed by atoms with Gasteiger partial charge in [0.15, 0.2) is 0 Å². The lowest BCUT2D eigenvalue weighted by Crippen LogP contribution is -2.22. The van der Waals surface area contributed by atoms with Gasteiger partial charge in [0.25, 0.3) is 0 Å². The lowest BCUT2D eigenvalue weighted by molar-refractivity contribution is -0.496. The first kappa shape index (κ1) is 11.1. The molecule has 0 saturated carbocycles. The maximum atomic E-state index is 2.36. The molecular formula is C15H20N+. The molecule has 0 aromatic heterocycles. The van der Waals surface area contributed by atoms with E-state index in [-0.39, 0.29) is 0 Å². The second-order valence-corrected chi connectivity index (χ2v) is 4.70. The van der Waals surface area contributed by atoms with Crippen molar-refractivity contribution in [2.45, 2.75) is 27.2 Å². The van der Waals surface area contributed by atoms with Gasteiger partial charge in [-0.2, -0.15) is 0 Å². The molecule has 0 amide bonds. The van der Waals surface area contributed by atoms with Crippen LogP contribution in [-0.2, 0) is 0 Å². The minimum absolute atomic E-state index is 1.12. The first-order valence-corrected chi connectivity index (χ1v) is 5.93. The molecule has 1 heterocycles. The van der Waals surface area contributed by atoms with Gasteiger partial charge in [-0.25, -0.2) is 4.58 Å². The molecule has 0 saturated heterocycles. The van der Waals surface area contributed by atoms with Gasteiger partial charge < -0.3 is 0 Å². The number of allylic oxidation sites excluding steroid dienone is 1. The van der Waals surface area contributed by atoms with Crippen LogP contribution in [0.15, 0.2) is 24.3 Å². The highest BCUT2D eigenvalue weighted by Crippen LogP contribution is 2.20. The van der Waals surface area contributed by atoms with Crippen molar-refractivity contribution >= 4 is 5.71 Å². The van der Waals surface area contributed by atoms with Crippen LogP contribution in [0.4, 0.5) is 0 Å². The number of nitrogens with zero attached hydrogens (tertiary/aromatic N) is 1. The Bertz CT molecular complexity index is 478. The van der Waals surface area contributed by atoms with Crippen LogP contribution in [0.1, 0.15) is 28.7 Å². The zero-order chi connectivity index (χ0) is 11.7. The van der Waals surface area contributed by atoms with Gasteiger partial charge in [0, 0.05) is 12.5 Å². The molecule has 84 valence electrons. The minimum Gasteiger partial charge on any atom is -0.232 e. The van der Waals surface area contributed by atoms with Crippen molar-refractivity contribution < 1.29 is 4.58 Å². The van der Waals surface area contributed by atoms with Crippen LogP contribution in [0.5, 0.6) is 0 Å². The highest BCUT2D eigenvalue weighted by Gasteiger charge is 2.18. The van der Waals surface area contributed by atoms with Crippen LogP contribution in [0.2, 0.25) is 0 Å². The summed E-state index contributed by atoms with van der Waals surface area (Å²) < 4.78 is 2.36. The average Bonchev–Trinajstić information content (AvgIpc) is 2.27. The van der Waals surface area contributed by atoms with E-state index in [1.807, 2.05) is 0 Å². The number of hydrogen-bond donors (Lipinski definition) is 0. The summed E-state index contributed by atoms with van der Waals surface area (Å²) in [5.41, 5.74) is 6.94. The lowest BCUT2D eigenvalue weighted by Gasteiger charge is -2.13. The highest BCUT2D eigenvalue weighted by molar-refractivity contribution is 6.07. The smallest absolute Gasteiger partial charge is 0.207 e. The van der Waals surface area contributed by atoms with Gasteiger partial charge in [-0.15, -0.1) is 0 Å². The quantitative estimate of drug-likeness (QED) is 0.632. The molecular weight excluding hydrogens is 194 g/mol. The number of aryl methyl sites for hydroxylation is 2. The van der Waals surface area contributed by atoms with E-state index in [0.717, 1.165) is 13.0 Å². The molecule has 0 unspecified atom stereocenters. The summed E-state index contributed by atoms with van der Waals surface area (Å²) in [6.07, 6.45) is 5.69. The zero-order valence-corrected chi connectivity index (χ0v) is 10.7. The molecule has 0 N–H and O–H groups in total. The number of hydrogen-bond acceptors (Lipinski definition) is 0. The Kier molecular flexibility index (Phi) is 2.95. The maximum Gasteiger partial charge on any atom is 0.207 e. The molecule has 2 rings (SSSR count). The third-order valence-corrected chi connectivity index (χ3v) is 3.52. The molecule has 1 nitrogen and oxygen atoms in total. The van der Waals surface area contributed by atoms with Crippen LogP contribution < -0.4 is 0 Å². The van der Waals surface area contributed by atoms with E-state index >= 15 is 0 Å². The maximum absolute atomic E-state index is 2.36. The van der Waals surface area contributed by atoms with Crippen LogP contribution in [0, 0.1) is 20.8 Å². The van der Waals surface area contributed by atoms with E-state index in [1.165, 1.54) is 28.0 Å². The summed E-state index contributed by atoms with van der Waals surface area (Å²) in [6.45, 7) is 7.73. The van der Waals surface area contributed by atoms with E-state index in [0.29, 0.717) is 0 Å². The van der Waals surface area contributed by atoms with Gasteiger partial charge in [-0.05, 0) is 37.5 Å². The first-order valence-electron chi connectivity index (χ1n) is 5.93. The molecule has 1 aromatic rings. The summed E-state index contributed by atoms with van der Waals surface area (Å²) >= 11 is 0. The van der Waals surface area contributed by atoms with Gasteiger partial charge in [-0.3, -0.25) is 0 Å². The predicted octanol–water partition coefficient (Wildman–Crippen LogP) is 3.00. The number of rotatable bonds is 1. The molecule has 0 radical (unpaired) electrons. The normalized spacial score (nSPS) is 15.8. The van der Waals surface area contributed by atoms with Crippen molar-refractivity contribution in [2.75, 3.05) is 13.6 Å². The van der Waals surface area contributed by atoms with E-state index < -0.39 is 0 Å². The van der Waals surface area contributed by atoms with Gasteiger partial charge in [0.05, 0.1) is 5.56 Å². The molecule has 0 fully saturated rings. The standard InChI is InChI=1S/C15H20N/c1-11-8-9-12(2)15(13(11)3)14-7-5-6-10-16(14)4/h5,7-9H,6,10H2,1-4H3/q+1. The molecule has 1 aliphatic rings. The zero-order valence-electron chi connectivity index (χ0n) is 10.7. The fraction of sp³-hybridized carbons (Fsp3) is 0.400.